The van der Waals surface area contributed by atoms with Gasteiger partial charge in [0, 0.05) is 80.0 Å². The molecule has 17 heteroatoms. The molecule has 24 rings (SSSR count). The fourth-order valence-corrected chi connectivity index (χ4v) is 18.8. The number of ether oxygens (including phenoxy) is 4. The van der Waals surface area contributed by atoms with E-state index in [4.69, 9.17) is 38.9 Å². The van der Waals surface area contributed by atoms with Crippen LogP contribution in [0.1, 0.15) is 0 Å². The molecule has 0 aliphatic carbocycles. The average Bonchev–Trinajstić information content (AvgIpc) is 1.61. The maximum absolute atomic E-state index is 15.2. The first kappa shape index (κ1) is 69.0. The van der Waals surface area contributed by atoms with Crippen LogP contribution in [0.3, 0.4) is 0 Å². The Bertz CT molecular complexity index is 6720. The highest BCUT2D eigenvalue weighted by atomic mass is 32.2. The normalized spacial score (nSPS) is 12.9. The summed E-state index contributed by atoms with van der Waals surface area (Å²) in [6.07, 6.45) is 7.71. The smallest absolute Gasteiger partial charge is 0.206 e. The van der Waals surface area contributed by atoms with Crippen molar-refractivity contribution in [2.24, 2.45) is 0 Å². The van der Waals surface area contributed by atoms with E-state index >= 15 is 8.42 Å². The molecule has 121 heavy (non-hydrogen) atoms. The van der Waals surface area contributed by atoms with Crippen LogP contribution in [0.5, 0.6) is 46.0 Å². The van der Waals surface area contributed by atoms with E-state index in [0.717, 1.165) is 214 Å². The summed E-state index contributed by atoms with van der Waals surface area (Å²) in [7, 11) is -4.06. The first-order valence-electron chi connectivity index (χ1n) is 39.8. The van der Waals surface area contributed by atoms with Gasteiger partial charge in [0.25, 0.3) is 0 Å². The van der Waals surface area contributed by atoms with Gasteiger partial charge in [-0.15, -0.1) is 0 Å². The number of para-hydroxylation sites is 16. The Morgan fingerprint density at radius 2 is 0.405 bits per heavy atom. The van der Waals surface area contributed by atoms with Crippen LogP contribution in [-0.4, -0.2) is 37.5 Å². The number of benzene rings is 14. The summed E-state index contributed by atoms with van der Waals surface area (Å²) in [5.41, 5.74) is 20.2. The van der Waals surface area contributed by atoms with Crippen molar-refractivity contribution in [3.8, 4) is 102 Å². The molecule has 16 nitrogen and oxygen atoms in total. The van der Waals surface area contributed by atoms with Gasteiger partial charge in [0.05, 0.1) is 77.4 Å². The lowest BCUT2D eigenvalue weighted by Crippen LogP contribution is -2.16. The third kappa shape index (κ3) is 11.3. The van der Waals surface area contributed by atoms with Crippen molar-refractivity contribution in [3.05, 3.63) is 389 Å². The van der Waals surface area contributed by atoms with Crippen LogP contribution < -0.4 is 38.5 Å². The molecule has 0 spiro atoms. The van der Waals surface area contributed by atoms with E-state index in [2.05, 4.69) is 150 Å². The predicted molar refractivity (Wildman–Crippen MR) is 479 cm³/mol. The number of anilines is 12. The standard InChI is InChI=1S/C104H64N10O6S/c115-121(116,75-45-41-73(42-46-75)109-81-49-33-65(69-37-53-101(105-61-69)111-85-17-1-9-25-93(85)117-94-26-10-2-18-86(94)111)57-77(81)78-58-66(34-50-82(78)109)70-38-54-102(106-62-70)112-87-19-3-11-27-95(87)118-96-28-12-4-20-88(96)112)76-47-43-74(44-48-76)110-83-51-35-67(71-39-55-103(107-63-71)113-89-21-5-13-29-97(89)119-98-30-14-6-22-90(98)113)59-79(83)80-60-68(36-52-84(80)110)72-40-56-104(108-64-72)114-91-23-7-15-31-99(91)120-100-32-16-8-24-92(100)114/h1-64H. The van der Waals surface area contributed by atoms with Crippen molar-refractivity contribution in [2.45, 2.75) is 9.79 Å². The number of fused-ring (bicyclic) bond motifs is 14. The van der Waals surface area contributed by atoms with Gasteiger partial charge in [-0.25, -0.2) is 28.4 Å². The second-order valence-electron chi connectivity index (χ2n) is 30.2. The van der Waals surface area contributed by atoms with Crippen LogP contribution in [0.2, 0.25) is 0 Å². The summed E-state index contributed by atoms with van der Waals surface area (Å²) < 4.78 is 60.2. The highest BCUT2D eigenvalue weighted by molar-refractivity contribution is 7.91. The average molecular weight is 1580 g/mol. The highest BCUT2D eigenvalue weighted by Gasteiger charge is 2.32. The molecule has 6 aromatic heterocycles. The van der Waals surface area contributed by atoms with Crippen molar-refractivity contribution < 1.29 is 27.4 Å². The zero-order chi connectivity index (χ0) is 80.0. The van der Waals surface area contributed by atoms with Crippen LogP contribution in [-0.2, 0) is 9.84 Å². The molecule has 10 heterocycles. The number of hydrogen-bond donors (Lipinski definition) is 0. The molecular weight excluding hydrogens is 1520 g/mol. The lowest BCUT2D eigenvalue weighted by molar-refractivity contribution is 0.476. The third-order valence-electron chi connectivity index (χ3n) is 23.3. The quantitative estimate of drug-likeness (QED) is 0.114. The fraction of sp³-hybridized carbons (Fsp3) is 0. The predicted octanol–water partition coefficient (Wildman–Crippen LogP) is 27.3. The number of sulfone groups is 1. The van der Waals surface area contributed by atoms with Gasteiger partial charge in [-0.1, -0.05) is 121 Å². The summed E-state index contributed by atoms with van der Waals surface area (Å²) in [4.78, 5) is 29.4. The van der Waals surface area contributed by atoms with Crippen molar-refractivity contribution in [1.82, 2.24) is 29.1 Å². The van der Waals surface area contributed by atoms with Crippen LogP contribution in [0.15, 0.2) is 399 Å². The molecule has 0 saturated carbocycles. The fourth-order valence-electron chi connectivity index (χ4n) is 17.6. The zero-order valence-electron chi connectivity index (χ0n) is 64.3. The lowest BCUT2D eigenvalue weighted by Gasteiger charge is -2.31. The molecule has 4 aliphatic heterocycles. The number of rotatable bonds is 12. The van der Waals surface area contributed by atoms with Gasteiger partial charge in [-0.3, -0.25) is 19.6 Å². The van der Waals surface area contributed by atoms with Crippen LogP contribution in [0, 0.1) is 0 Å². The van der Waals surface area contributed by atoms with Gasteiger partial charge in [0.1, 0.15) is 23.3 Å². The Balaban J connectivity index is 0.572. The monoisotopic (exact) mass is 1580 g/mol. The van der Waals surface area contributed by atoms with Crippen molar-refractivity contribution in [2.75, 3.05) is 19.6 Å². The number of aromatic nitrogens is 6. The SMILES string of the molecule is O=S(=O)(c1ccc(-n2c3ccc(-c4ccc(N5c6ccccc6Oc6ccccc65)nc4)cc3c3cc(-c4ccc(N5c6ccccc6Oc6ccccc65)nc4)ccc32)cc1)c1ccc(-n2c3ccc(-c4ccc(N5c6ccccc6Oc6ccccc65)nc4)cc3c3cc(-c4ccc(N5c6ccccc6Oc6ccccc65)nc4)ccc32)cc1. The molecule has 0 unspecified atom stereocenters. The molecule has 0 radical (unpaired) electrons. The summed E-state index contributed by atoms with van der Waals surface area (Å²) in [5, 5.41) is 3.99. The zero-order valence-corrected chi connectivity index (χ0v) is 65.1. The first-order valence-corrected chi connectivity index (χ1v) is 41.3. The molecule has 572 valence electrons. The lowest BCUT2D eigenvalue weighted by atomic mass is 10.0. The second-order valence-corrected chi connectivity index (χ2v) is 32.2. The number of nitrogens with zero attached hydrogens (tertiary/aromatic N) is 10. The summed E-state index contributed by atoms with van der Waals surface area (Å²) in [5.74, 6) is 9.04. The maximum Gasteiger partial charge on any atom is 0.206 e. The Labute approximate surface area is 694 Å². The molecule has 0 atom stereocenters. The van der Waals surface area contributed by atoms with Gasteiger partial charge in [-0.05, 0) is 265 Å². The summed E-state index contributed by atoms with van der Waals surface area (Å²) >= 11 is 0. The minimum Gasteiger partial charge on any atom is -0.453 e. The molecule has 20 aromatic rings. The van der Waals surface area contributed by atoms with Crippen LogP contribution in [0.25, 0.3) is 99.5 Å². The number of pyridine rings is 4. The molecular formula is C104H64N10O6S. The van der Waals surface area contributed by atoms with Gasteiger partial charge in [-0.2, -0.15) is 0 Å². The molecule has 0 fully saturated rings. The van der Waals surface area contributed by atoms with Gasteiger partial charge in [0.2, 0.25) is 9.84 Å². The van der Waals surface area contributed by atoms with E-state index < -0.39 is 9.84 Å². The minimum atomic E-state index is -4.06. The van der Waals surface area contributed by atoms with Crippen LogP contribution in [0.4, 0.5) is 68.8 Å². The van der Waals surface area contributed by atoms with Gasteiger partial charge >= 0.3 is 0 Å². The van der Waals surface area contributed by atoms with Crippen LogP contribution >= 0.6 is 0 Å². The van der Waals surface area contributed by atoms with E-state index in [0.29, 0.717) is 0 Å². The second kappa shape index (κ2) is 27.4. The highest BCUT2D eigenvalue weighted by Crippen LogP contribution is 2.55. The maximum atomic E-state index is 15.2. The van der Waals surface area contributed by atoms with Crippen molar-refractivity contribution in [1.29, 1.82) is 0 Å². The first-order chi connectivity index (χ1) is 59.7. The molecule has 0 bridgehead atoms. The molecule has 0 amide bonds. The largest absolute Gasteiger partial charge is 0.453 e. The number of hydrogen-bond acceptors (Lipinski definition) is 14. The van der Waals surface area contributed by atoms with E-state index in [-0.39, 0.29) is 9.79 Å². The van der Waals surface area contributed by atoms with E-state index in [1.807, 2.05) is 243 Å². The molecule has 0 N–H and O–H groups in total. The van der Waals surface area contributed by atoms with Crippen molar-refractivity contribution >= 4 is 122 Å². The topological polar surface area (TPSA) is 145 Å². The Hall–Kier alpha value is -16.4. The minimum absolute atomic E-state index is 0.162. The summed E-state index contributed by atoms with van der Waals surface area (Å²) in [6.45, 7) is 0. The van der Waals surface area contributed by atoms with Gasteiger partial charge < -0.3 is 28.1 Å². The third-order valence-corrected chi connectivity index (χ3v) is 25.1. The summed E-state index contributed by atoms with van der Waals surface area (Å²) in [6, 6.07) is 121. The van der Waals surface area contributed by atoms with Crippen molar-refractivity contribution in [3.63, 3.8) is 0 Å². The Morgan fingerprint density at radius 1 is 0.207 bits per heavy atom. The molecule has 0 saturated heterocycles. The Kier molecular flexibility index (Phi) is 15.6. The van der Waals surface area contributed by atoms with Gasteiger partial charge in [0.15, 0.2) is 46.0 Å². The van der Waals surface area contributed by atoms with E-state index in [1.54, 1.807) is 24.3 Å². The molecule has 14 aromatic carbocycles. The van der Waals surface area contributed by atoms with E-state index in [1.165, 1.54) is 0 Å². The Morgan fingerprint density at radius 3 is 0.603 bits per heavy atom. The molecule has 4 aliphatic rings. The van der Waals surface area contributed by atoms with E-state index in [9.17, 15) is 0 Å².